The van der Waals surface area contributed by atoms with Crippen molar-refractivity contribution < 1.29 is 9.18 Å². The van der Waals surface area contributed by atoms with Crippen LogP contribution < -0.4 is 5.32 Å². The zero-order chi connectivity index (χ0) is 15.1. The van der Waals surface area contributed by atoms with E-state index in [9.17, 15) is 9.18 Å². The third-order valence-electron chi connectivity index (χ3n) is 3.68. The Morgan fingerprint density at radius 2 is 2.29 bits per heavy atom. The predicted molar refractivity (Wildman–Crippen MR) is 80.2 cm³/mol. The van der Waals surface area contributed by atoms with Gasteiger partial charge in [-0.15, -0.1) is 11.6 Å². The monoisotopic (exact) mass is 329 g/mol. The van der Waals surface area contributed by atoms with Gasteiger partial charge < -0.3 is 9.88 Å². The molecule has 2 unspecified atom stereocenters. The third-order valence-corrected chi connectivity index (χ3v) is 4.17. The first kappa shape index (κ1) is 14.6. The minimum Gasteiger partial charge on any atom is -0.354 e. The van der Waals surface area contributed by atoms with Gasteiger partial charge in [0.2, 0.25) is 5.91 Å². The van der Waals surface area contributed by atoms with E-state index < -0.39 is 11.2 Å². The highest BCUT2D eigenvalue weighted by Crippen LogP contribution is 2.33. The fourth-order valence-corrected chi connectivity index (χ4v) is 3.03. The van der Waals surface area contributed by atoms with E-state index in [0.717, 1.165) is 6.42 Å². The normalized spacial score (nSPS) is 20.6. The number of amides is 1. The number of carbonyl (C=O) groups excluding carboxylic acids is 1. The fraction of sp³-hybridized carbons (Fsp3) is 0.429. The predicted octanol–water partition coefficient (Wildman–Crippen LogP) is 3.58. The molecule has 1 amide bonds. The van der Waals surface area contributed by atoms with E-state index >= 15 is 0 Å². The van der Waals surface area contributed by atoms with Gasteiger partial charge in [-0.2, -0.15) is 0 Å². The van der Waals surface area contributed by atoms with Gasteiger partial charge in [0.05, 0.1) is 21.4 Å². The molecule has 7 heteroatoms. The number of nitrogens with one attached hydrogen (secondary N) is 1. The number of piperidine rings is 1. The summed E-state index contributed by atoms with van der Waals surface area (Å²) in [6, 6.07) is 2.39. The van der Waals surface area contributed by atoms with E-state index in [1.165, 1.54) is 12.1 Å². The summed E-state index contributed by atoms with van der Waals surface area (Å²) in [5.41, 5.74) is 1.09. The molecule has 0 spiro atoms. The molecule has 112 valence electrons. The van der Waals surface area contributed by atoms with E-state index in [1.807, 2.05) is 0 Å². The number of halogens is 3. The fourth-order valence-electron chi connectivity index (χ4n) is 2.72. The van der Waals surface area contributed by atoms with Crippen LogP contribution in [0.1, 0.15) is 37.0 Å². The second-order valence-electron chi connectivity index (χ2n) is 5.16. The lowest BCUT2D eigenvalue weighted by molar-refractivity contribution is -0.125. The van der Waals surface area contributed by atoms with E-state index in [-0.39, 0.29) is 17.0 Å². The molecule has 1 N–H and O–H groups in total. The average molecular weight is 330 g/mol. The average Bonchev–Trinajstić information content (AvgIpc) is 2.78. The summed E-state index contributed by atoms with van der Waals surface area (Å²) in [6.45, 7) is 2.45. The Bertz CT molecular complexity index is 714. The Labute approximate surface area is 131 Å². The first-order valence-electron chi connectivity index (χ1n) is 6.77. The van der Waals surface area contributed by atoms with Gasteiger partial charge in [0, 0.05) is 12.6 Å². The summed E-state index contributed by atoms with van der Waals surface area (Å²) in [7, 11) is 0. The summed E-state index contributed by atoms with van der Waals surface area (Å²) in [6.07, 6.45) is 1.57. The standard InChI is InChI=1S/C14H14Cl2FN3O/c1-7(15)13-19-10-6-9(17)8(16)5-12(10)20(13)11-3-2-4-18-14(11)21/h5-7,11H,2-4H2,1H3,(H,18,21). The summed E-state index contributed by atoms with van der Waals surface area (Å²) in [4.78, 5) is 16.5. The molecule has 1 fully saturated rings. The smallest absolute Gasteiger partial charge is 0.243 e. The van der Waals surface area contributed by atoms with Gasteiger partial charge in [-0.3, -0.25) is 4.79 Å². The van der Waals surface area contributed by atoms with Crippen molar-refractivity contribution in [2.45, 2.75) is 31.2 Å². The molecule has 0 saturated carbocycles. The highest BCUT2D eigenvalue weighted by atomic mass is 35.5. The van der Waals surface area contributed by atoms with Crippen molar-refractivity contribution in [3.63, 3.8) is 0 Å². The highest BCUT2D eigenvalue weighted by Gasteiger charge is 2.29. The van der Waals surface area contributed by atoms with Crippen LogP contribution in [0.3, 0.4) is 0 Å². The maximum absolute atomic E-state index is 13.6. The number of hydrogen-bond acceptors (Lipinski definition) is 2. The van der Waals surface area contributed by atoms with Crippen molar-refractivity contribution in [1.29, 1.82) is 0 Å². The maximum Gasteiger partial charge on any atom is 0.243 e. The van der Waals surface area contributed by atoms with E-state index in [1.54, 1.807) is 11.5 Å². The lowest BCUT2D eigenvalue weighted by Crippen LogP contribution is -2.38. The van der Waals surface area contributed by atoms with Crippen molar-refractivity contribution in [2.24, 2.45) is 0 Å². The van der Waals surface area contributed by atoms with Gasteiger partial charge in [-0.05, 0) is 25.8 Å². The molecule has 21 heavy (non-hydrogen) atoms. The summed E-state index contributed by atoms with van der Waals surface area (Å²) < 4.78 is 15.4. The van der Waals surface area contributed by atoms with Crippen molar-refractivity contribution in [3.05, 3.63) is 28.8 Å². The van der Waals surface area contributed by atoms with Crippen LogP contribution in [0, 0.1) is 5.82 Å². The number of rotatable bonds is 2. The van der Waals surface area contributed by atoms with Crippen molar-refractivity contribution in [3.8, 4) is 0 Å². The third kappa shape index (κ3) is 2.49. The Balaban J connectivity index is 2.24. The number of nitrogens with zero attached hydrogens (tertiary/aromatic N) is 2. The molecule has 4 nitrogen and oxygen atoms in total. The lowest BCUT2D eigenvalue weighted by Gasteiger charge is -2.25. The maximum atomic E-state index is 13.6. The first-order chi connectivity index (χ1) is 9.99. The molecule has 1 aliphatic heterocycles. The minimum atomic E-state index is -0.532. The topological polar surface area (TPSA) is 46.9 Å². The van der Waals surface area contributed by atoms with Gasteiger partial charge in [0.15, 0.2) is 0 Å². The van der Waals surface area contributed by atoms with E-state index in [2.05, 4.69) is 10.3 Å². The molecule has 1 saturated heterocycles. The number of alkyl halides is 1. The zero-order valence-corrected chi connectivity index (χ0v) is 12.9. The highest BCUT2D eigenvalue weighted by molar-refractivity contribution is 6.31. The number of fused-ring (bicyclic) bond motifs is 1. The van der Waals surface area contributed by atoms with Crippen LogP contribution in [-0.4, -0.2) is 22.0 Å². The number of aromatic nitrogens is 2. The molecule has 1 aromatic heterocycles. The summed E-state index contributed by atoms with van der Waals surface area (Å²) in [5, 5.41) is 2.45. The minimum absolute atomic E-state index is 0.00800. The molecule has 1 aromatic carbocycles. The van der Waals surface area contributed by atoms with Crippen LogP contribution >= 0.6 is 23.2 Å². The number of benzene rings is 1. The van der Waals surface area contributed by atoms with E-state index in [4.69, 9.17) is 23.2 Å². The number of hydrogen-bond donors (Lipinski definition) is 1. The van der Waals surface area contributed by atoms with Crippen molar-refractivity contribution in [1.82, 2.24) is 14.9 Å². The van der Waals surface area contributed by atoms with Gasteiger partial charge in [-0.25, -0.2) is 9.37 Å². The van der Waals surface area contributed by atoms with Gasteiger partial charge >= 0.3 is 0 Å². The molecule has 2 heterocycles. The Morgan fingerprint density at radius 1 is 1.52 bits per heavy atom. The van der Waals surface area contributed by atoms with Gasteiger partial charge in [0.25, 0.3) is 0 Å². The van der Waals surface area contributed by atoms with Crippen molar-refractivity contribution >= 4 is 40.1 Å². The van der Waals surface area contributed by atoms with Gasteiger partial charge in [-0.1, -0.05) is 11.6 Å². The largest absolute Gasteiger partial charge is 0.354 e. The molecule has 0 aliphatic carbocycles. The summed E-state index contributed by atoms with van der Waals surface area (Å²) >= 11 is 12.1. The van der Waals surface area contributed by atoms with Gasteiger partial charge in [0.1, 0.15) is 17.7 Å². The lowest BCUT2D eigenvalue weighted by atomic mass is 10.1. The molecule has 3 rings (SSSR count). The molecule has 0 radical (unpaired) electrons. The second-order valence-corrected chi connectivity index (χ2v) is 6.22. The molecular formula is C14H14Cl2FN3O. The Hall–Kier alpha value is -1.33. The van der Waals surface area contributed by atoms with Crippen LogP contribution in [0.5, 0.6) is 0 Å². The molecule has 2 atom stereocenters. The van der Waals surface area contributed by atoms with Crippen LogP contribution in [0.2, 0.25) is 5.02 Å². The van der Waals surface area contributed by atoms with Crippen LogP contribution in [0.4, 0.5) is 4.39 Å². The van der Waals surface area contributed by atoms with Crippen LogP contribution in [0.15, 0.2) is 12.1 Å². The molecular weight excluding hydrogens is 316 g/mol. The first-order valence-corrected chi connectivity index (χ1v) is 7.59. The number of imidazole rings is 1. The zero-order valence-electron chi connectivity index (χ0n) is 11.4. The Morgan fingerprint density at radius 3 is 2.95 bits per heavy atom. The molecule has 1 aliphatic rings. The second kappa shape index (κ2) is 5.46. The van der Waals surface area contributed by atoms with Crippen molar-refractivity contribution in [2.75, 3.05) is 6.54 Å². The number of carbonyl (C=O) groups is 1. The SMILES string of the molecule is CC(Cl)c1nc2cc(F)c(Cl)cc2n1C1CCCNC1=O. The quantitative estimate of drug-likeness (QED) is 0.856. The van der Waals surface area contributed by atoms with Crippen LogP contribution in [0.25, 0.3) is 11.0 Å². The van der Waals surface area contributed by atoms with E-state index in [0.29, 0.717) is 29.8 Å². The summed E-state index contributed by atoms with van der Waals surface area (Å²) in [5.74, 6) is -0.0503. The Kier molecular flexibility index (Phi) is 3.80. The molecule has 2 aromatic rings. The van der Waals surface area contributed by atoms with Crippen LogP contribution in [-0.2, 0) is 4.79 Å². The molecule has 0 bridgehead atoms.